The number of carbonyl (C=O) groups is 1. The van der Waals surface area contributed by atoms with Crippen LogP contribution >= 0.6 is 0 Å². The maximum atomic E-state index is 11.7. The zero-order valence-electron chi connectivity index (χ0n) is 10.0. The zero-order chi connectivity index (χ0) is 12.1. The number of carbonyl (C=O) groups excluding carboxylic acids is 1. The molecule has 1 aliphatic rings. The van der Waals surface area contributed by atoms with Crippen LogP contribution in [0.5, 0.6) is 0 Å². The highest BCUT2D eigenvalue weighted by Gasteiger charge is 2.16. The fraction of sp³-hybridized carbons (Fsp3) is 0.462. The predicted molar refractivity (Wildman–Crippen MR) is 66.8 cm³/mol. The first-order valence-electron chi connectivity index (χ1n) is 6.04. The second kappa shape index (κ2) is 5.57. The minimum absolute atomic E-state index is 0.191. The Balaban J connectivity index is 1.97. The fourth-order valence-electron chi connectivity index (χ4n) is 2.02. The summed E-state index contributed by atoms with van der Waals surface area (Å²) in [5.41, 5.74) is 4.26. The number of nitrogens with one attached hydrogen (secondary N) is 1. The molecule has 90 valence electrons. The molecule has 1 amide bonds. The van der Waals surface area contributed by atoms with Crippen molar-refractivity contribution in [3.05, 3.63) is 30.1 Å². The highest BCUT2D eigenvalue weighted by atomic mass is 16.2. The van der Waals surface area contributed by atoms with Crippen molar-refractivity contribution in [3.63, 3.8) is 0 Å². The topological polar surface area (TPSA) is 54.4 Å². The van der Waals surface area contributed by atoms with Gasteiger partial charge in [0, 0.05) is 18.1 Å². The van der Waals surface area contributed by atoms with Gasteiger partial charge in [-0.15, -0.1) is 0 Å². The molecule has 4 heteroatoms. The Morgan fingerprint density at radius 3 is 3.12 bits per heavy atom. The van der Waals surface area contributed by atoms with Gasteiger partial charge in [-0.05, 0) is 37.3 Å². The van der Waals surface area contributed by atoms with E-state index in [-0.39, 0.29) is 5.91 Å². The summed E-state index contributed by atoms with van der Waals surface area (Å²) in [5.74, 6) is 0.293. The van der Waals surface area contributed by atoms with Gasteiger partial charge >= 0.3 is 0 Å². The molecule has 0 bridgehead atoms. The van der Waals surface area contributed by atoms with Crippen molar-refractivity contribution in [1.29, 1.82) is 0 Å². The third kappa shape index (κ3) is 3.12. The Bertz CT molecular complexity index is 414. The molecular weight excluding hydrogens is 214 g/mol. The largest absolute Gasteiger partial charge is 0.272 e. The molecule has 2 rings (SSSR count). The molecule has 0 unspecified atom stereocenters. The van der Waals surface area contributed by atoms with Crippen molar-refractivity contribution in [3.8, 4) is 0 Å². The summed E-state index contributed by atoms with van der Waals surface area (Å²) < 4.78 is 0. The number of amides is 1. The zero-order valence-corrected chi connectivity index (χ0v) is 10.0. The number of hydrogen-bond acceptors (Lipinski definition) is 3. The van der Waals surface area contributed by atoms with Crippen molar-refractivity contribution in [2.45, 2.75) is 32.6 Å². The van der Waals surface area contributed by atoms with Crippen LogP contribution in [-0.4, -0.2) is 16.6 Å². The second-order valence-electron chi connectivity index (χ2n) is 4.43. The van der Waals surface area contributed by atoms with Crippen LogP contribution in [0.3, 0.4) is 0 Å². The second-order valence-corrected chi connectivity index (χ2v) is 4.43. The third-order valence-corrected chi connectivity index (χ3v) is 3.11. The minimum Gasteiger partial charge on any atom is -0.267 e. The number of rotatable bonds is 2. The molecule has 0 aromatic carbocycles. The monoisotopic (exact) mass is 231 g/mol. The van der Waals surface area contributed by atoms with Crippen LogP contribution in [0.1, 0.15) is 43.0 Å². The Morgan fingerprint density at radius 2 is 2.41 bits per heavy atom. The van der Waals surface area contributed by atoms with Gasteiger partial charge < -0.3 is 0 Å². The van der Waals surface area contributed by atoms with Crippen LogP contribution in [0, 0.1) is 5.92 Å². The normalized spacial score (nSPS) is 22.4. The van der Waals surface area contributed by atoms with E-state index in [1.54, 1.807) is 24.5 Å². The molecular formula is C13H17N3O. The van der Waals surface area contributed by atoms with Gasteiger partial charge in [-0.25, -0.2) is 5.43 Å². The first-order chi connectivity index (χ1) is 8.27. The van der Waals surface area contributed by atoms with Crippen molar-refractivity contribution in [2.24, 2.45) is 11.0 Å². The summed E-state index contributed by atoms with van der Waals surface area (Å²) in [6.07, 6.45) is 7.78. The van der Waals surface area contributed by atoms with Gasteiger partial charge in [-0.1, -0.05) is 13.3 Å². The van der Waals surface area contributed by atoms with E-state index in [0.29, 0.717) is 11.5 Å². The quantitative estimate of drug-likeness (QED) is 0.794. The van der Waals surface area contributed by atoms with Crippen LogP contribution in [0.25, 0.3) is 0 Å². The Morgan fingerprint density at radius 1 is 1.53 bits per heavy atom. The van der Waals surface area contributed by atoms with E-state index in [1.807, 2.05) is 0 Å². The fourth-order valence-corrected chi connectivity index (χ4v) is 2.02. The van der Waals surface area contributed by atoms with Gasteiger partial charge in [0.15, 0.2) is 0 Å². The molecule has 1 N–H and O–H groups in total. The first-order valence-corrected chi connectivity index (χ1v) is 6.04. The van der Waals surface area contributed by atoms with Crippen molar-refractivity contribution in [1.82, 2.24) is 10.4 Å². The van der Waals surface area contributed by atoms with E-state index < -0.39 is 0 Å². The molecule has 1 aliphatic carbocycles. The van der Waals surface area contributed by atoms with Gasteiger partial charge in [0.05, 0.1) is 5.56 Å². The van der Waals surface area contributed by atoms with E-state index in [2.05, 4.69) is 22.4 Å². The highest BCUT2D eigenvalue weighted by Crippen LogP contribution is 2.20. The molecule has 0 saturated heterocycles. The van der Waals surface area contributed by atoms with Crippen LogP contribution in [0.15, 0.2) is 29.6 Å². The summed E-state index contributed by atoms with van der Waals surface area (Å²) in [6, 6.07) is 3.47. The summed E-state index contributed by atoms with van der Waals surface area (Å²) in [4.78, 5) is 15.6. The summed E-state index contributed by atoms with van der Waals surface area (Å²) >= 11 is 0. The number of pyridine rings is 1. The Hall–Kier alpha value is -1.71. The van der Waals surface area contributed by atoms with Crippen LogP contribution in [0.2, 0.25) is 0 Å². The molecule has 0 aliphatic heterocycles. The SMILES string of the molecule is C[C@H]1CCCC/C1=N/NC(=O)c1cccnc1. The van der Waals surface area contributed by atoms with Crippen LogP contribution in [-0.2, 0) is 0 Å². The van der Waals surface area contributed by atoms with Gasteiger partial charge in [-0.3, -0.25) is 9.78 Å². The summed E-state index contributed by atoms with van der Waals surface area (Å²) in [6.45, 7) is 2.16. The van der Waals surface area contributed by atoms with Crippen molar-refractivity contribution >= 4 is 11.6 Å². The average Bonchev–Trinajstić information content (AvgIpc) is 2.38. The lowest BCUT2D eigenvalue weighted by Gasteiger charge is -2.19. The van der Waals surface area contributed by atoms with E-state index in [1.165, 1.54) is 19.3 Å². The number of nitrogens with zero attached hydrogens (tertiary/aromatic N) is 2. The maximum Gasteiger partial charge on any atom is 0.272 e. The molecule has 17 heavy (non-hydrogen) atoms. The molecule has 1 atom stereocenters. The molecule has 1 heterocycles. The lowest BCUT2D eigenvalue weighted by Crippen LogP contribution is -2.24. The molecule has 0 radical (unpaired) electrons. The van der Waals surface area contributed by atoms with Crippen molar-refractivity contribution < 1.29 is 4.79 Å². The predicted octanol–water partition coefficient (Wildman–Crippen LogP) is 2.38. The van der Waals surface area contributed by atoms with Gasteiger partial charge in [0.1, 0.15) is 0 Å². The first kappa shape index (κ1) is 11.8. The van der Waals surface area contributed by atoms with E-state index in [0.717, 1.165) is 12.1 Å². The molecule has 4 nitrogen and oxygen atoms in total. The van der Waals surface area contributed by atoms with E-state index in [9.17, 15) is 4.79 Å². The van der Waals surface area contributed by atoms with Crippen LogP contribution in [0.4, 0.5) is 0 Å². The third-order valence-electron chi connectivity index (χ3n) is 3.11. The maximum absolute atomic E-state index is 11.7. The molecule has 1 saturated carbocycles. The smallest absolute Gasteiger partial charge is 0.267 e. The molecule has 1 aromatic heterocycles. The Labute approximate surface area is 101 Å². The van der Waals surface area contributed by atoms with Gasteiger partial charge in [0.25, 0.3) is 5.91 Å². The summed E-state index contributed by atoms with van der Waals surface area (Å²) in [7, 11) is 0. The standard InChI is InChI=1S/C13H17N3O/c1-10-5-2-3-7-12(10)15-16-13(17)11-6-4-8-14-9-11/h4,6,8-10H,2-3,5,7H2,1H3,(H,16,17)/b15-12-/t10-/m0/s1. The number of hydrazone groups is 1. The van der Waals surface area contributed by atoms with E-state index >= 15 is 0 Å². The summed E-state index contributed by atoms with van der Waals surface area (Å²) in [5, 5.41) is 4.23. The lowest BCUT2D eigenvalue weighted by molar-refractivity contribution is 0.0954. The number of aromatic nitrogens is 1. The lowest BCUT2D eigenvalue weighted by atomic mass is 9.89. The molecule has 1 aromatic rings. The van der Waals surface area contributed by atoms with Crippen molar-refractivity contribution in [2.75, 3.05) is 0 Å². The Kier molecular flexibility index (Phi) is 3.85. The van der Waals surface area contributed by atoms with Gasteiger partial charge in [-0.2, -0.15) is 5.10 Å². The van der Waals surface area contributed by atoms with Gasteiger partial charge in [0.2, 0.25) is 0 Å². The molecule has 0 spiro atoms. The average molecular weight is 231 g/mol. The minimum atomic E-state index is -0.191. The van der Waals surface area contributed by atoms with Crippen LogP contribution < -0.4 is 5.43 Å². The molecule has 1 fully saturated rings. The highest BCUT2D eigenvalue weighted by molar-refractivity contribution is 5.95. The number of hydrogen-bond donors (Lipinski definition) is 1. The van der Waals surface area contributed by atoms with E-state index in [4.69, 9.17) is 0 Å².